The van der Waals surface area contributed by atoms with E-state index in [4.69, 9.17) is 25.4 Å². The fourth-order valence-electron chi connectivity index (χ4n) is 3.37. The third-order valence-corrected chi connectivity index (χ3v) is 5.21. The summed E-state index contributed by atoms with van der Waals surface area (Å²) in [6.45, 7) is 0.762. The lowest BCUT2D eigenvalue weighted by Crippen LogP contribution is -2.22. The summed E-state index contributed by atoms with van der Waals surface area (Å²) in [5, 5.41) is 7.77. The first kappa shape index (κ1) is 24.5. The van der Waals surface area contributed by atoms with Crippen LogP contribution in [0.4, 0.5) is 0 Å². The highest BCUT2D eigenvalue weighted by Crippen LogP contribution is 2.30. The second kappa shape index (κ2) is 11.2. The van der Waals surface area contributed by atoms with Crippen molar-refractivity contribution in [1.82, 2.24) is 4.90 Å². The highest BCUT2D eigenvalue weighted by atomic mass is 16.5. The van der Waals surface area contributed by atoms with Crippen LogP contribution < -0.4 is 19.9 Å². The molecule has 0 unspecified atom stereocenters. The van der Waals surface area contributed by atoms with Gasteiger partial charge in [-0.05, 0) is 42.0 Å². The molecule has 1 amide bonds. The predicted molar refractivity (Wildman–Crippen MR) is 138 cm³/mol. The zero-order valence-electron chi connectivity index (χ0n) is 20.1. The molecule has 3 N–H and O–H groups in total. The molecule has 0 spiro atoms. The second-order valence-electron chi connectivity index (χ2n) is 8.20. The van der Waals surface area contributed by atoms with Gasteiger partial charge in [0, 0.05) is 31.6 Å². The maximum atomic E-state index is 12.3. The number of nitrogen functional groups attached to an aromatic ring is 1. The molecule has 0 aromatic heterocycles. The Bertz CT molecular complexity index is 1320. The van der Waals surface area contributed by atoms with E-state index in [1.54, 1.807) is 56.6 Å². The van der Waals surface area contributed by atoms with Crippen LogP contribution >= 0.6 is 0 Å². The Morgan fingerprint density at radius 3 is 2.53 bits per heavy atom. The van der Waals surface area contributed by atoms with Gasteiger partial charge in [-0.15, -0.1) is 0 Å². The summed E-state index contributed by atoms with van der Waals surface area (Å²) in [4.78, 5) is 22.5. The van der Waals surface area contributed by atoms with Gasteiger partial charge < -0.3 is 24.8 Å². The standard InChI is InChI=1S/C27H27N5O4/c1-32(2)26(33)20-9-6-10-21(15-20)35-27-30-14-13-24(31-27)36-23-16-19(25(28)29)11-12-22(23)34-17-18-7-4-3-5-8-18/h3-12,15-16H,13-14,17H2,1-2H3,(H3,28,29). The van der Waals surface area contributed by atoms with E-state index in [1.165, 1.54) is 4.90 Å². The van der Waals surface area contributed by atoms with Crippen LogP contribution in [0.1, 0.15) is 27.9 Å². The van der Waals surface area contributed by atoms with Crippen LogP contribution in [0.5, 0.6) is 17.2 Å². The fraction of sp³-hybridized carbons (Fsp3) is 0.185. The number of benzene rings is 3. The molecule has 1 heterocycles. The van der Waals surface area contributed by atoms with Gasteiger partial charge in [0.05, 0.1) is 6.54 Å². The molecule has 0 saturated carbocycles. The number of carbonyl (C=O) groups excluding carboxylic acids is 1. The number of carbonyl (C=O) groups is 1. The van der Waals surface area contributed by atoms with Crippen LogP contribution in [0, 0.1) is 5.41 Å². The first-order valence-electron chi connectivity index (χ1n) is 11.3. The lowest BCUT2D eigenvalue weighted by Gasteiger charge is -2.17. The largest absolute Gasteiger partial charge is 0.485 e. The van der Waals surface area contributed by atoms with Gasteiger partial charge in [-0.1, -0.05) is 36.4 Å². The van der Waals surface area contributed by atoms with Crippen molar-refractivity contribution in [3.05, 3.63) is 89.5 Å². The average Bonchev–Trinajstić information content (AvgIpc) is 2.88. The number of aliphatic imine (C=N–C) groups is 2. The number of amides is 1. The first-order chi connectivity index (χ1) is 17.4. The number of nitrogens with one attached hydrogen (secondary N) is 1. The lowest BCUT2D eigenvalue weighted by atomic mass is 10.2. The zero-order valence-corrected chi connectivity index (χ0v) is 20.1. The number of hydrogen-bond donors (Lipinski definition) is 2. The molecule has 0 aliphatic carbocycles. The number of ether oxygens (including phenoxy) is 3. The topological polar surface area (TPSA) is 123 Å². The van der Waals surface area contributed by atoms with Crippen molar-refractivity contribution in [3.8, 4) is 17.2 Å². The molecular weight excluding hydrogens is 458 g/mol. The molecule has 0 bridgehead atoms. The van der Waals surface area contributed by atoms with E-state index in [2.05, 4.69) is 9.98 Å². The van der Waals surface area contributed by atoms with Gasteiger partial charge in [0.2, 0.25) is 5.90 Å². The SMILES string of the molecule is CN(C)C(=O)c1cccc(OC2=NCCC(Oc3cc(C(=N)N)ccc3OCc3ccccc3)=N2)c1. The zero-order chi connectivity index (χ0) is 25.5. The normalized spacial score (nSPS) is 12.7. The van der Waals surface area contributed by atoms with Gasteiger partial charge in [0.25, 0.3) is 5.91 Å². The highest BCUT2D eigenvalue weighted by molar-refractivity contribution is 5.97. The van der Waals surface area contributed by atoms with Gasteiger partial charge in [0.15, 0.2) is 11.5 Å². The van der Waals surface area contributed by atoms with Crippen molar-refractivity contribution in [3.63, 3.8) is 0 Å². The molecule has 4 rings (SSSR count). The fourth-order valence-corrected chi connectivity index (χ4v) is 3.37. The van der Waals surface area contributed by atoms with Crippen molar-refractivity contribution >= 4 is 23.7 Å². The molecule has 1 aliphatic rings. The molecule has 9 nitrogen and oxygen atoms in total. The van der Waals surface area contributed by atoms with Crippen molar-refractivity contribution < 1.29 is 19.0 Å². The van der Waals surface area contributed by atoms with Crippen LogP contribution in [0.25, 0.3) is 0 Å². The van der Waals surface area contributed by atoms with E-state index in [0.29, 0.717) is 53.8 Å². The molecule has 9 heteroatoms. The quantitative estimate of drug-likeness (QED) is 0.389. The minimum Gasteiger partial charge on any atom is -0.485 e. The summed E-state index contributed by atoms with van der Waals surface area (Å²) in [5.41, 5.74) is 7.68. The maximum Gasteiger partial charge on any atom is 0.320 e. The lowest BCUT2D eigenvalue weighted by molar-refractivity contribution is 0.0827. The first-order valence-corrected chi connectivity index (χ1v) is 11.3. The minimum atomic E-state index is -0.132. The van der Waals surface area contributed by atoms with E-state index in [1.807, 2.05) is 30.3 Å². The summed E-state index contributed by atoms with van der Waals surface area (Å²) in [7, 11) is 3.38. The Morgan fingerprint density at radius 2 is 1.78 bits per heavy atom. The average molecular weight is 486 g/mol. The van der Waals surface area contributed by atoms with Crippen molar-refractivity contribution in [1.29, 1.82) is 5.41 Å². The summed E-state index contributed by atoms with van der Waals surface area (Å²) >= 11 is 0. The number of nitrogens with two attached hydrogens (primary N) is 1. The van der Waals surface area contributed by atoms with Crippen molar-refractivity contribution in [2.45, 2.75) is 13.0 Å². The van der Waals surface area contributed by atoms with Gasteiger partial charge in [-0.3, -0.25) is 10.2 Å². The van der Waals surface area contributed by atoms with E-state index in [-0.39, 0.29) is 17.8 Å². The maximum absolute atomic E-state index is 12.3. The smallest absolute Gasteiger partial charge is 0.320 e. The molecule has 3 aromatic carbocycles. The summed E-state index contributed by atoms with van der Waals surface area (Å²) in [5.74, 6) is 1.48. The van der Waals surface area contributed by atoms with Gasteiger partial charge >= 0.3 is 6.02 Å². The third-order valence-electron chi connectivity index (χ3n) is 5.21. The second-order valence-corrected chi connectivity index (χ2v) is 8.20. The molecule has 1 aliphatic heterocycles. The predicted octanol–water partition coefficient (Wildman–Crippen LogP) is 3.87. The molecule has 0 radical (unpaired) electrons. The minimum absolute atomic E-state index is 0.0854. The highest BCUT2D eigenvalue weighted by Gasteiger charge is 2.17. The number of rotatable bonds is 7. The van der Waals surface area contributed by atoms with E-state index < -0.39 is 0 Å². The summed E-state index contributed by atoms with van der Waals surface area (Å²) in [6.07, 6.45) is 0.453. The molecule has 36 heavy (non-hydrogen) atoms. The Labute approximate surface area is 209 Å². The number of nitrogens with zero attached hydrogens (tertiary/aromatic N) is 3. The van der Waals surface area contributed by atoms with Crippen molar-refractivity contribution in [2.75, 3.05) is 20.6 Å². The van der Waals surface area contributed by atoms with Gasteiger partial charge in [0.1, 0.15) is 18.2 Å². The van der Waals surface area contributed by atoms with Crippen LogP contribution in [0.2, 0.25) is 0 Å². The van der Waals surface area contributed by atoms with Crippen LogP contribution in [-0.2, 0) is 6.61 Å². The van der Waals surface area contributed by atoms with E-state index in [9.17, 15) is 4.79 Å². The Hall–Kier alpha value is -4.66. The van der Waals surface area contributed by atoms with Crippen LogP contribution in [-0.4, -0.2) is 49.2 Å². The Morgan fingerprint density at radius 1 is 0.972 bits per heavy atom. The summed E-state index contributed by atoms with van der Waals surface area (Å²) < 4.78 is 17.9. The van der Waals surface area contributed by atoms with Crippen LogP contribution in [0.15, 0.2) is 82.8 Å². The molecule has 3 aromatic rings. The van der Waals surface area contributed by atoms with Crippen LogP contribution in [0.3, 0.4) is 0 Å². The number of hydrogen-bond acceptors (Lipinski definition) is 7. The Balaban J connectivity index is 1.52. The van der Waals surface area contributed by atoms with Gasteiger partial charge in [-0.2, -0.15) is 4.99 Å². The molecular formula is C27H27N5O4. The third kappa shape index (κ3) is 6.26. The molecule has 0 saturated heterocycles. The number of amidine groups is 2. The van der Waals surface area contributed by atoms with Gasteiger partial charge in [-0.25, -0.2) is 4.99 Å². The van der Waals surface area contributed by atoms with E-state index in [0.717, 1.165) is 5.56 Å². The molecule has 184 valence electrons. The monoisotopic (exact) mass is 485 g/mol. The Kier molecular flexibility index (Phi) is 7.60. The van der Waals surface area contributed by atoms with Crippen molar-refractivity contribution in [2.24, 2.45) is 15.7 Å². The van der Waals surface area contributed by atoms with E-state index >= 15 is 0 Å². The summed E-state index contributed by atoms with van der Waals surface area (Å²) in [6, 6.07) is 21.8. The molecule has 0 fully saturated rings. The molecule has 0 atom stereocenters.